The molecule has 0 radical (unpaired) electrons. The van der Waals surface area contributed by atoms with Crippen molar-refractivity contribution in [1.29, 1.82) is 0 Å². The van der Waals surface area contributed by atoms with Crippen molar-refractivity contribution in [2.75, 3.05) is 19.8 Å². The number of benzene rings is 1. The molecule has 0 bridgehead atoms. The van der Waals surface area contributed by atoms with Crippen LogP contribution in [0.15, 0.2) is 47.8 Å². The number of H-pyrrole nitrogens is 1. The van der Waals surface area contributed by atoms with E-state index >= 15 is 0 Å². The van der Waals surface area contributed by atoms with Gasteiger partial charge in [0.25, 0.3) is 5.56 Å². The second kappa shape index (κ2) is 10.3. The monoisotopic (exact) mass is 439 g/mol. The summed E-state index contributed by atoms with van der Waals surface area (Å²) in [5.41, 5.74) is 2.29. The summed E-state index contributed by atoms with van der Waals surface area (Å²) < 4.78 is 5.40. The van der Waals surface area contributed by atoms with E-state index in [0.29, 0.717) is 32.1 Å². The lowest BCUT2D eigenvalue weighted by molar-refractivity contribution is 0.0223. The molecule has 3 aromatic rings. The first kappa shape index (κ1) is 21.9. The smallest absolute Gasteiger partial charge is 0.259 e. The summed E-state index contributed by atoms with van der Waals surface area (Å²) in [6.07, 6.45) is 5.35. The molecule has 1 atom stereocenters. The van der Waals surface area contributed by atoms with Gasteiger partial charge in [-0.3, -0.25) is 9.69 Å². The number of hydrogen-bond donors (Lipinski definition) is 2. The molecule has 0 saturated carbocycles. The number of aromatic nitrogens is 2. The zero-order valence-electron chi connectivity index (χ0n) is 17.7. The molecular formula is C24H29N3O3S. The first-order valence-electron chi connectivity index (χ1n) is 10.8. The van der Waals surface area contributed by atoms with Crippen LogP contribution in [0.4, 0.5) is 0 Å². The standard InChI is InChI=1S/C24H29N3O3S/c1-2-12-30-16-18(28)14-27(13-17-8-4-3-5-9-17)15-21-25-23(29)22-19-10-6-7-11-20(19)31-24(22)26-21/h2-5,8-9,18,28H,1,6-7,10-16H2,(H,25,26,29)/t18-/m1/s1. The van der Waals surface area contributed by atoms with Crippen molar-refractivity contribution in [1.82, 2.24) is 14.9 Å². The van der Waals surface area contributed by atoms with Crippen LogP contribution < -0.4 is 5.56 Å². The number of nitrogens with one attached hydrogen (secondary N) is 1. The van der Waals surface area contributed by atoms with Crippen molar-refractivity contribution in [3.05, 3.63) is 75.2 Å². The minimum absolute atomic E-state index is 0.0473. The molecule has 1 aliphatic carbocycles. The number of aromatic amines is 1. The molecule has 31 heavy (non-hydrogen) atoms. The number of rotatable bonds is 10. The number of aryl methyl sites for hydroxylation is 2. The van der Waals surface area contributed by atoms with E-state index in [1.165, 1.54) is 16.9 Å². The third-order valence-corrected chi connectivity index (χ3v) is 6.70. The molecule has 0 unspecified atom stereocenters. The zero-order chi connectivity index (χ0) is 21.6. The molecular weight excluding hydrogens is 410 g/mol. The molecule has 2 N–H and O–H groups in total. The fourth-order valence-corrected chi connectivity index (χ4v) is 5.44. The highest BCUT2D eigenvalue weighted by Crippen LogP contribution is 2.33. The van der Waals surface area contributed by atoms with Gasteiger partial charge in [-0.1, -0.05) is 36.4 Å². The lowest BCUT2D eigenvalue weighted by Crippen LogP contribution is -2.35. The summed E-state index contributed by atoms with van der Waals surface area (Å²) in [6, 6.07) is 10.1. The largest absolute Gasteiger partial charge is 0.389 e. The third-order valence-electron chi connectivity index (χ3n) is 5.51. The summed E-state index contributed by atoms with van der Waals surface area (Å²) in [7, 11) is 0. The molecule has 164 valence electrons. The summed E-state index contributed by atoms with van der Waals surface area (Å²) in [4.78, 5) is 24.9. The van der Waals surface area contributed by atoms with E-state index in [1.54, 1.807) is 17.4 Å². The van der Waals surface area contributed by atoms with Crippen LogP contribution in [0.25, 0.3) is 10.2 Å². The first-order valence-corrected chi connectivity index (χ1v) is 11.6. The quantitative estimate of drug-likeness (QED) is 0.374. The van der Waals surface area contributed by atoms with Crippen molar-refractivity contribution < 1.29 is 9.84 Å². The molecule has 2 heterocycles. The van der Waals surface area contributed by atoms with E-state index in [4.69, 9.17) is 9.72 Å². The minimum atomic E-state index is -0.645. The maximum Gasteiger partial charge on any atom is 0.259 e. The second-order valence-corrected chi connectivity index (χ2v) is 9.12. The Kier molecular flexibility index (Phi) is 7.29. The van der Waals surface area contributed by atoms with Gasteiger partial charge in [0, 0.05) is 18.0 Å². The molecule has 0 fully saturated rings. The number of nitrogens with zero attached hydrogens (tertiary/aromatic N) is 2. The van der Waals surface area contributed by atoms with Crippen LogP contribution in [0.1, 0.15) is 34.7 Å². The Morgan fingerprint density at radius 3 is 2.87 bits per heavy atom. The minimum Gasteiger partial charge on any atom is -0.389 e. The van der Waals surface area contributed by atoms with Crippen molar-refractivity contribution in [3.63, 3.8) is 0 Å². The normalized spacial score (nSPS) is 14.6. The SMILES string of the molecule is C=CCOC[C@H](O)CN(Cc1ccccc1)Cc1nc2sc3c(c2c(=O)[nH]1)CCCC3. The highest BCUT2D eigenvalue weighted by Gasteiger charge is 2.21. The highest BCUT2D eigenvalue weighted by atomic mass is 32.1. The van der Waals surface area contributed by atoms with Gasteiger partial charge in [0.05, 0.1) is 31.2 Å². The Balaban J connectivity index is 1.55. The van der Waals surface area contributed by atoms with E-state index in [1.807, 2.05) is 18.2 Å². The predicted octanol–water partition coefficient (Wildman–Crippen LogP) is 3.43. The zero-order valence-corrected chi connectivity index (χ0v) is 18.5. The number of thiophene rings is 1. The summed E-state index contributed by atoms with van der Waals surface area (Å²) in [6.45, 7) is 5.77. The van der Waals surface area contributed by atoms with Gasteiger partial charge < -0.3 is 14.8 Å². The number of aliphatic hydroxyl groups is 1. The fraction of sp³-hybridized carbons (Fsp3) is 0.417. The van der Waals surface area contributed by atoms with Gasteiger partial charge in [-0.05, 0) is 36.8 Å². The van der Waals surface area contributed by atoms with Gasteiger partial charge in [-0.25, -0.2) is 4.98 Å². The summed E-state index contributed by atoms with van der Waals surface area (Å²) >= 11 is 1.66. The topological polar surface area (TPSA) is 78.5 Å². The maximum atomic E-state index is 12.9. The Morgan fingerprint density at radius 2 is 2.06 bits per heavy atom. The number of ether oxygens (including phenoxy) is 1. The third kappa shape index (κ3) is 5.49. The van der Waals surface area contributed by atoms with Crippen LogP contribution in [0.5, 0.6) is 0 Å². The molecule has 0 aliphatic heterocycles. The number of hydrogen-bond acceptors (Lipinski definition) is 6. The highest BCUT2D eigenvalue weighted by molar-refractivity contribution is 7.18. The Morgan fingerprint density at radius 1 is 1.26 bits per heavy atom. The fourth-order valence-electron chi connectivity index (χ4n) is 4.16. The van der Waals surface area contributed by atoms with Crippen molar-refractivity contribution in [2.45, 2.75) is 44.9 Å². The summed E-state index contributed by atoms with van der Waals surface area (Å²) in [5.74, 6) is 0.631. The van der Waals surface area contributed by atoms with Crippen LogP contribution in [0, 0.1) is 0 Å². The van der Waals surface area contributed by atoms with Gasteiger partial charge >= 0.3 is 0 Å². The van der Waals surface area contributed by atoms with E-state index in [9.17, 15) is 9.90 Å². The molecule has 6 nitrogen and oxygen atoms in total. The van der Waals surface area contributed by atoms with Gasteiger partial charge in [0.2, 0.25) is 0 Å². The van der Waals surface area contributed by atoms with E-state index < -0.39 is 6.10 Å². The van der Waals surface area contributed by atoms with Crippen LogP contribution in [0.2, 0.25) is 0 Å². The molecule has 1 aromatic carbocycles. The molecule has 4 rings (SSSR count). The van der Waals surface area contributed by atoms with Crippen molar-refractivity contribution >= 4 is 21.6 Å². The van der Waals surface area contributed by atoms with Crippen LogP contribution in [-0.2, 0) is 30.7 Å². The lowest BCUT2D eigenvalue weighted by Gasteiger charge is -2.24. The van der Waals surface area contributed by atoms with E-state index in [0.717, 1.165) is 35.0 Å². The molecule has 7 heteroatoms. The first-order chi connectivity index (χ1) is 15.1. The van der Waals surface area contributed by atoms with Crippen molar-refractivity contribution in [3.8, 4) is 0 Å². The van der Waals surface area contributed by atoms with Crippen LogP contribution >= 0.6 is 11.3 Å². The van der Waals surface area contributed by atoms with Crippen molar-refractivity contribution in [2.24, 2.45) is 0 Å². The second-order valence-electron chi connectivity index (χ2n) is 8.04. The van der Waals surface area contributed by atoms with Gasteiger partial charge in [0.1, 0.15) is 10.7 Å². The number of aliphatic hydroxyl groups excluding tert-OH is 1. The number of fused-ring (bicyclic) bond motifs is 3. The maximum absolute atomic E-state index is 12.9. The molecule has 0 spiro atoms. The van der Waals surface area contributed by atoms with Crippen LogP contribution in [-0.4, -0.2) is 45.8 Å². The Labute approximate surface area is 186 Å². The predicted molar refractivity (Wildman–Crippen MR) is 124 cm³/mol. The average Bonchev–Trinajstić information content (AvgIpc) is 3.13. The Hall–Kier alpha value is -2.32. The van der Waals surface area contributed by atoms with Gasteiger partial charge in [-0.2, -0.15) is 0 Å². The lowest BCUT2D eigenvalue weighted by atomic mass is 9.97. The molecule has 0 saturated heterocycles. The van der Waals surface area contributed by atoms with Gasteiger partial charge in [0.15, 0.2) is 0 Å². The molecule has 1 aliphatic rings. The average molecular weight is 440 g/mol. The van der Waals surface area contributed by atoms with Crippen LogP contribution in [0.3, 0.4) is 0 Å². The summed E-state index contributed by atoms with van der Waals surface area (Å²) in [5, 5.41) is 11.2. The van der Waals surface area contributed by atoms with Gasteiger partial charge in [-0.15, -0.1) is 17.9 Å². The molecule has 2 aromatic heterocycles. The molecule has 0 amide bonds. The van der Waals surface area contributed by atoms with E-state index in [-0.39, 0.29) is 12.2 Å². The Bertz CT molecular complexity index is 1080. The van der Waals surface area contributed by atoms with E-state index in [2.05, 4.69) is 28.6 Å².